The second-order valence-electron chi connectivity index (χ2n) is 4.17. The molecule has 0 amide bonds. The molecule has 0 aromatic heterocycles. The maximum absolute atomic E-state index is 10.9. The lowest BCUT2D eigenvalue weighted by atomic mass is 10.0. The summed E-state index contributed by atoms with van der Waals surface area (Å²) in [5.74, 6) is 0.849. The zero-order valence-electron chi connectivity index (χ0n) is 9.95. The van der Waals surface area contributed by atoms with E-state index < -0.39 is 5.97 Å². The van der Waals surface area contributed by atoms with Gasteiger partial charge in [0.25, 0.3) is 0 Å². The van der Waals surface area contributed by atoms with Crippen molar-refractivity contribution >= 4 is 17.7 Å². The third-order valence-electron chi connectivity index (χ3n) is 2.17. The summed E-state index contributed by atoms with van der Waals surface area (Å²) in [5, 5.41) is 12.1. The molecule has 0 bridgehead atoms. The maximum atomic E-state index is 10.9. The monoisotopic (exact) mass is 233 g/mol. The predicted molar refractivity (Wildman–Crippen MR) is 66.5 cm³/mol. The van der Waals surface area contributed by atoms with Gasteiger partial charge in [0.05, 0.1) is 0 Å². The van der Waals surface area contributed by atoms with Crippen LogP contribution in [0.4, 0.5) is 0 Å². The van der Waals surface area contributed by atoms with Crippen LogP contribution in [0.1, 0.15) is 33.1 Å². The van der Waals surface area contributed by atoms with E-state index in [0.717, 1.165) is 25.1 Å². The Labute approximate surface area is 97.0 Å². The molecule has 2 N–H and O–H groups in total. The molecule has 0 saturated heterocycles. The molecule has 3 nitrogen and oxygen atoms in total. The van der Waals surface area contributed by atoms with Crippen molar-refractivity contribution in [2.45, 2.75) is 39.2 Å². The van der Waals surface area contributed by atoms with Gasteiger partial charge in [-0.1, -0.05) is 13.8 Å². The van der Waals surface area contributed by atoms with Gasteiger partial charge in [-0.25, -0.2) is 0 Å². The van der Waals surface area contributed by atoms with E-state index in [0.29, 0.717) is 12.3 Å². The Hall–Kier alpha value is -0.220. The minimum Gasteiger partial charge on any atom is -0.480 e. The third kappa shape index (κ3) is 8.75. The summed E-state index contributed by atoms with van der Waals surface area (Å²) in [7, 11) is 0. The number of carboxylic acids is 1. The van der Waals surface area contributed by atoms with Crippen molar-refractivity contribution in [2.24, 2.45) is 5.92 Å². The number of hydrogen-bond acceptors (Lipinski definition) is 3. The Morgan fingerprint density at radius 3 is 2.53 bits per heavy atom. The molecule has 0 aromatic carbocycles. The van der Waals surface area contributed by atoms with E-state index in [9.17, 15) is 4.79 Å². The third-order valence-corrected chi connectivity index (χ3v) is 2.87. The molecule has 0 saturated carbocycles. The smallest absolute Gasteiger partial charge is 0.320 e. The lowest BCUT2D eigenvalue weighted by Crippen LogP contribution is -2.38. The van der Waals surface area contributed by atoms with Gasteiger partial charge in [-0.15, -0.1) is 0 Å². The summed E-state index contributed by atoms with van der Waals surface area (Å²) >= 11 is 1.83. The Morgan fingerprint density at radius 1 is 1.40 bits per heavy atom. The Kier molecular flexibility index (Phi) is 8.91. The SMILES string of the molecule is CSCCCCNC(CC(C)C)C(=O)O. The van der Waals surface area contributed by atoms with Crippen LogP contribution in [0.2, 0.25) is 0 Å². The fourth-order valence-corrected chi connectivity index (χ4v) is 1.88. The van der Waals surface area contributed by atoms with Crippen LogP contribution in [0, 0.1) is 5.92 Å². The van der Waals surface area contributed by atoms with Gasteiger partial charge in [0.1, 0.15) is 6.04 Å². The summed E-state index contributed by atoms with van der Waals surface area (Å²) < 4.78 is 0. The molecular formula is C11H23NO2S. The van der Waals surface area contributed by atoms with Crippen LogP contribution < -0.4 is 5.32 Å². The molecule has 0 aliphatic heterocycles. The maximum Gasteiger partial charge on any atom is 0.320 e. The van der Waals surface area contributed by atoms with E-state index in [2.05, 4.69) is 11.6 Å². The van der Waals surface area contributed by atoms with E-state index >= 15 is 0 Å². The molecule has 4 heteroatoms. The molecule has 15 heavy (non-hydrogen) atoms. The van der Waals surface area contributed by atoms with Crippen molar-refractivity contribution < 1.29 is 9.90 Å². The van der Waals surface area contributed by atoms with E-state index in [1.54, 1.807) is 0 Å². The summed E-state index contributed by atoms with van der Waals surface area (Å²) in [6, 6.07) is -0.376. The molecule has 1 atom stereocenters. The van der Waals surface area contributed by atoms with Gasteiger partial charge in [-0.2, -0.15) is 11.8 Å². The second kappa shape index (κ2) is 9.04. The Bertz CT molecular complexity index is 174. The van der Waals surface area contributed by atoms with E-state index in [-0.39, 0.29) is 6.04 Å². The van der Waals surface area contributed by atoms with E-state index in [4.69, 9.17) is 5.11 Å². The quantitative estimate of drug-likeness (QED) is 0.600. The molecule has 1 unspecified atom stereocenters. The zero-order chi connectivity index (χ0) is 11.7. The molecule has 0 aliphatic carbocycles. The topological polar surface area (TPSA) is 49.3 Å². The second-order valence-corrected chi connectivity index (χ2v) is 5.16. The Balaban J connectivity index is 3.62. The first-order valence-electron chi connectivity index (χ1n) is 5.53. The van der Waals surface area contributed by atoms with Crippen LogP contribution in [0.5, 0.6) is 0 Å². The van der Waals surface area contributed by atoms with Crippen LogP contribution in [0.3, 0.4) is 0 Å². The Morgan fingerprint density at radius 2 is 2.07 bits per heavy atom. The normalized spacial score (nSPS) is 13.1. The van der Waals surface area contributed by atoms with Crippen LogP contribution in [0.25, 0.3) is 0 Å². The summed E-state index contributed by atoms with van der Waals surface area (Å²) in [5.41, 5.74) is 0. The van der Waals surface area contributed by atoms with Crippen LogP contribution >= 0.6 is 11.8 Å². The number of rotatable bonds is 9. The zero-order valence-corrected chi connectivity index (χ0v) is 10.8. The summed E-state index contributed by atoms with van der Waals surface area (Å²) in [4.78, 5) is 10.9. The predicted octanol–water partition coefficient (Wildman–Crippen LogP) is 2.22. The molecular weight excluding hydrogens is 210 g/mol. The van der Waals surface area contributed by atoms with Crippen molar-refractivity contribution in [1.29, 1.82) is 0 Å². The molecule has 0 fully saturated rings. The van der Waals surface area contributed by atoms with Crippen LogP contribution in [-0.2, 0) is 4.79 Å². The van der Waals surface area contributed by atoms with Gasteiger partial charge in [0, 0.05) is 0 Å². The highest BCUT2D eigenvalue weighted by Gasteiger charge is 2.17. The van der Waals surface area contributed by atoms with Crippen molar-refractivity contribution in [2.75, 3.05) is 18.6 Å². The number of carbonyl (C=O) groups is 1. The summed E-state index contributed by atoms with van der Waals surface area (Å²) in [6.45, 7) is 4.90. The lowest BCUT2D eigenvalue weighted by Gasteiger charge is -2.16. The fraction of sp³-hybridized carbons (Fsp3) is 0.909. The van der Waals surface area contributed by atoms with Crippen molar-refractivity contribution in [3.05, 3.63) is 0 Å². The standard InChI is InChI=1S/C11H23NO2S/c1-9(2)8-10(11(13)14)12-6-4-5-7-15-3/h9-10,12H,4-8H2,1-3H3,(H,13,14). The highest BCUT2D eigenvalue weighted by Crippen LogP contribution is 2.05. The van der Waals surface area contributed by atoms with Crippen LogP contribution in [-0.4, -0.2) is 35.7 Å². The number of nitrogens with one attached hydrogen (secondary N) is 1. The van der Waals surface area contributed by atoms with Gasteiger partial charge >= 0.3 is 5.97 Å². The average molecular weight is 233 g/mol. The first-order valence-corrected chi connectivity index (χ1v) is 6.92. The molecule has 0 aromatic rings. The molecule has 90 valence electrons. The number of carboxylic acid groups (broad SMARTS) is 1. The van der Waals surface area contributed by atoms with Crippen LogP contribution in [0.15, 0.2) is 0 Å². The average Bonchev–Trinajstić information content (AvgIpc) is 2.15. The highest BCUT2D eigenvalue weighted by molar-refractivity contribution is 7.98. The largest absolute Gasteiger partial charge is 0.480 e. The lowest BCUT2D eigenvalue weighted by molar-refractivity contribution is -0.139. The minimum absolute atomic E-state index is 0.376. The number of hydrogen-bond donors (Lipinski definition) is 2. The number of unbranched alkanes of at least 4 members (excludes halogenated alkanes) is 1. The molecule has 0 radical (unpaired) electrons. The van der Waals surface area contributed by atoms with Crippen molar-refractivity contribution in [3.63, 3.8) is 0 Å². The highest BCUT2D eigenvalue weighted by atomic mass is 32.2. The number of thioether (sulfide) groups is 1. The van der Waals surface area contributed by atoms with Crippen molar-refractivity contribution in [3.8, 4) is 0 Å². The molecule has 0 heterocycles. The summed E-state index contributed by atoms with van der Waals surface area (Å²) in [6.07, 6.45) is 5.01. The minimum atomic E-state index is -0.728. The molecule has 0 spiro atoms. The first kappa shape index (κ1) is 14.8. The van der Waals surface area contributed by atoms with Gasteiger partial charge in [0.2, 0.25) is 0 Å². The van der Waals surface area contributed by atoms with Gasteiger partial charge in [-0.05, 0) is 43.7 Å². The van der Waals surface area contributed by atoms with Gasteiger partial charge in [0.15, 0.2) is 0 Å². The van der Waals surface area contributed by atoms with Gasteiger partial charge in [-0.3, -0.25) is 4.79 Å². The van der Waals surface area contributed by atoms with E-state index in [1.807, 2.05) is 25.6 Å². The van der Waals surface area contributed by atoms with Gasteiger partial charge < -0.3 is 10.4 Å². The van der Waals surface area contributed by atoms with Crippen molar-refractivity contribution in [1.82, 2.24) is 5.32 Å². The number of aliphatic carboxylic acids is 1. The molecule has 0 rings (SSSR count). The first-order chi connectivity index (χ1) is 7.07. The fourth-order valence-electron chi connectivity index (χ4n) is 1.39. The van der Waals surface area contributed by atoms with E-state index in [1.165, 1.54) is 0 Å². The molecule has 0 aliphatic rings.